The second-order valence-electron chi connectivity index (χ2n) is 6.92. The molecule has 136 valence electrons. The number of aromatic nitrogens is 1. The van der Waals surface area contributed by atoms with Gasteiger partial charge in [-0.1, -0.05) is 31.4 Å². The number of rotatable bonds is 5. The van der Waals surface area contributed by atoms with Crippen molar-refractivity contribution in [1.82, 2.24) is 10.3 Å². The number of aryl methyl sites for hydroxylation is 1. The van der Waals surface area contributed by atoms with E-state index in [4.69, 9.17) is 0 Å². The van der Waals surface area contributed by atoms with Crippen LogP contribution in [0, 0.1) is 12.8 Å². The summed E-state index contributed by atoms with van der Waals surface area (Å²) in [6.07, 6.45) is 7.21. The Kier molecular flexibility index (Phi) is 6.00. The molecule has 1 aliphatic rings. The molecule has 2 aromatic rings. The highest BCUT2D eigenvalue weighted by Gasteiger charge is 2.20. The Morgan fingerprint density at radius 2 is 1.81 bits per heavy atom. The normalized spacial score (nSPS) is 14.7. The lowest BCUT2D eigenvalue weighted by Crippen LogP contribution is -2.31. The molecule has 0 unspecified atom stereocenters. The van der Waals surface area contributed by atoms with E-state index in [0.717, 1.165) is 36.8 Å². The Morgan fingerprint density at radius 3 is 2.50 bits per heavy atom. The van der Waals surface area contributed by atoms with Crippen molar-refractivity contribution < 1.29 is 9.59 Å². The van der Waals surface area contributed by atoms with Crippen LogP contribution in [0.15, 0.2) is 42.6 Å². The lowest BCUT2D eigenvalue weighted by Gasteiger charge is -2.20. The second-order valence-corrected chi connectivity index (χ2v) is 6.92. The van der Waals surface area contributed by atoms with E-state index in [1.807, 2.05) is 31.2 Å². The molecule has 2 amide bonds. The molecule has 0 aliphatic heterocycles. The van der Waals surface area contributed by atoms with Gasteiger partial charge in [0.2, 0.25) is 5.91 Å². The Labute approximate surface area is 154 Å². The van der Waals surface area contributed by atoms with E-state index in [2.05, 4.69) is 15.6 Å². The first kappa shape index (κ1) is 18.1. The fraction of sp³-hybridized carbons (Fsp3) is 0.381. The van der Waals surface area contributed by atoms with Gasteiger partial charge in [0.05, 0.1) is 0 Å². The number of amides is 2. The lowest BCUT2D eigenvalue weighted by atomic mass is 9.88. The zero-order chi connectivity index (χ0) is 18.4. The Morgan fingerprint density at radius 1 is 1.08 bits per heavy atom. The van der Waals surface area contributed by atoms with Crippen LogP contribution in [0.5, 0.6) is 0 Å². The molecule has 2 N–H and O–H groups in total. The lowest BCUT2D eigenvalue weighted by molar-refractivity contribution is -0.126. The standard InChI is InChI=1S/C21H25N3O2/c1-15-11-12-22-19(13-15)24-21(26)18-9-7-16(8-10-18)14-23-20(25)17-5-3-2-4-6-17/h7-13,17H,2-6,14H2,1H3,(H,23,25)(H,22,24,26). The summed E-state index contributed by atoms with van der Waals surface area (Å²) in [5, 5.41) is 5.81. The van der Waals surface area contributed by atoms with Crippen LogP contribution in [-0.2, 0) is 11.3 Å². The van der Waals surface area contributed by atoms with E-state index in [9.17, 15) is 9.59 Å². The highest BCUT2D eigenvalue weighted by Crippen LogP contribution is 2.23. The Bertz CT molecular complexity index is 765. The van der Waals surface area contributed by atoms with Crippen LogP contribution in [0.1, 0.15) is 53.6 Å². The zero-order valence-electron chi connectivity index (χ0n) is 15.1. The molecule has 0 saturated heterocycles. The molecule has 0 radical (unpaired) electrons. The molecule has 5 nitrogen and oxygen atoms in total. The number of anilines is 1. The van der Waals surface area contributed by atoms with Crippen LogP contribution in [-0.4, -0.2) is 16.8 Å². The summed E-state index contributed by atoms with van der Waals surface area (Å²) in [6.45, 7) is 2.45. The number of hydrogen-bond donors (Lipinski definition) is 2. The molecule has 5 heteroatoms. The molecule has 1 aliphatic carbocycles. The summed E-state index contributed by atoms with van der Waals surface area (Å²) in [5.41, 5.74) is 2.59. The molecule has 0 spiro atoms. The molecule has 0 atom stereocenters. The monoisotopic (exact) mass is 351 g/mol. The predicted molar refractivity (Wildman–Crippen MR) is 102 cm³/mol. The van der Waals surface area contributed by atoms with E-state index < -0.39 is 0 Å². The van der Waals surface area contributed by atoms with Gasteiger partial charge >= 0.3 is 0 Å². The Balaban J connectivity index is 1.52. The number of benzene rings is 1. The molecule has 1 fully saturated rings. The third kappa shape index (κ3) is 4.91. The van der Waals surface area contributed by atoms with Crippen molar-refractivity contribution in [2.24, 2.45) is 5.92 Å². The number of carbonyl (C=O) groups is 2. The van der Waals surface area contributed by atoms with Crippen LogP contribution in [0.2, 0.25) is 0 Å². The largest absolute Gasteiger partial charge is 0.352 e. The fourth-order valence-electron chi connectivity index (χ4n) is 3.27. The van der Waals surface area contributed by atoms with Crippen molar-refractivity contribution in [2.75, 3.05) is 5.32 Å². The summed E-state index contributed by atoms with van der Waals surface area (Å²) >= 11 is 0. The smallest absolute Gasteiger partial charge is 0.256 e. The molecule has 3 rings (SSSR count). The van der Waals surface area contributed by atoms with Gasteiger partial charge in [0.15, 0.2) is 0 Å². The number of nitrogens with one attached hydrogen (secondary N) is 2. The van der Waals surface area contributed by atoms with E-state index in [-0.39, 0.29) is 17.7 Å². The first-order valence-electron chi connectivity index (χ1n) is 9.22. The summed E-state index contributed by atoms with van der Waals surface area (Å²) in [7, 11) is 0. The molecule has 1 heterocycles. The maximum Gasteiger partial charge on any atom is 0.256 e. The van der Waals surface area contributed by atoms with Gasteiger partial charge in [-0.2, -0.15) is 0 Å². The molecule has 26 heavy (non-hydrogen) atoms. The molecule has 1 saturated carbocycles. The third-order valence-corrected chi connectivity index (χ3v) is 4.82. The molecular weight excluding hydrogens is 326 g/mol. The molecular formula is C21H25N3O2. The Hall–Kier alpha value is -2.69. The van der Waals surface area contributed by atoms with Crippen LogP contribution in [0.4, 0.5) is 5.82 Å². The van der Waals surface area contributed by atoms with Crippen LogP contribution in [0.3, 0.4) is 0 Å². The van der Waals surface area contributed by atoms with Gasteiger partial charge in [-0.15, -0.1) is 0 Å². The first-order valence-corrected chi connectivity index (χ1v) is 9.22. The highest BCUT2D eigenvalue weighted by molar-refractivity contribution is 6.03. The number of nitrogens with zero attached hydrogens (tertiary/aromatic N) is 1. The molecule has 0 bridgehead atoms. The summed E-state index contributed by atoms with van der Waals surface area (Å²) in [6, 6.07) is 11.0. The first-order chi connectivity index (χ1) is 12.6. The van der Waals surface area contributed by atoms with Gasteiger partial charge in [0, 0.05) is 24.2 Å². The van der Waals surface area contributed by atoms with Crippen molar-refractivity contribution in [3.63, 3.8) is 0 Å². The van der Waals surface area contributed by atoms with Gasteiger partial charge < -0.3 is 10.6 Å². The quantitative estimate of drug-likeness (QED) is 0.860. The fourth-order valence-corrected chi connectivity index (χ4v) is 3.27. The zero-order valence-corrected chi connectivity index (χ0v) is 15.1. The van der Waals surface area contributed by atoms with Gasteiger partial charge in [0.1, 0.15) is 5.82 Å². The topological polar surface area (TPSA) is 71.1 Å². The van der Waals surface area contributed by atoms with Crippen LogP contribution in [0.25, 0.3) is 0 Å². The second kappa shape index (κ2) is 8.61. The van der Waals surface area contributed by atoms with E-state index in [1.54, 1.807) is 18.3 Å². The van der Waals surface area contributed by atoms with Crippen LogP contribution < -0.4 is 10.6 Å². The predicted octanol–water partition coefficient (Wildman–Crippen LogP) is 3.84. The maximum absolute atomic E-state index is 12.3. The summed E-state index contributed by atoms with van der Waals surface area (Å²) in [5.74, 6) is 0.660. The van der Waals surface area contributed by atoms with Crippen molar-refractivity contribution in [2.45, 2.75) is 45.6 Å². The minimum Gasteiger partial charge on any atom is -0.352 e. The van der Waals surface area contributed by atoms with Gasteiger partial charge in [-0.25, -0.2) is 4.98 Å². The number of carbonyl (C=O) groups excluding carboxylic acids is 2. The van der Waals surface area contributed by atoms with Crippen molar-refractivity contribution in [1.29, 1.82) is 0 Å². The van der Waals surface area contributed by atoms with Gasteiger partial charge in [0.25, 0.3) is 5.91 Å². The van der Waals surface area contributed by atoms with Gasteiger partial charge in [-0.3, -0.25) is 9.59 Å². The third-order valence-electron chi connectivity index (χ3n) is 4.82. The van der Waals surface area contributed by atoms with Crippen molar-refractivity contribution in [3.05, 3.63) is 59.3 Å². The van der Waals surface area contributed by atoms with Crippen LogP contribution >= 0.6 is 0 Å². The number of hydrogen-bond acceptors (Lipinski definition) is 3. The van der Waals surface area contributed by atoms with E-state index in [0.29, 0.717) is 17.9 Å². The van der Waals surface area contributed by atoms with Crippen molar-refractivity contribution >= 4 is 17.6 Å². The van der Waals surface area contributed by atoms with E-state index in [1.165, 1.54) is 6.42 Å². The highest BCUT2D eigenvalue weighted by atomic mass is 16.2. The summed E-state index contributed by atoms with van der Waals surface area (Å²) in [4.78, 5) is 28.6. The molecule has 1 aromatic heterocycles. The number of pyridine rings is 1. The SMILES string of the molecule is Cc1ccnc(NC(=O)c2ccc(CNC(=O)C3CCCCC3)cc2)c1. The minimum absolute atomic E-state index is 0.150. The van der Waals surface area contributed by atoms with E-state index >= 15 is 0 Å². The maximum atomic E-state index is 12.3. The average Bonchev–Trinajstić information content (AvgIpc) is 2.67. The van der Waals surface area contributed by atoms with Gasteiger partial charge in [-0.05, 0) is 55.2 Å². The molecule has 1 aromatic carbocycles. The minimum atomic E-state index is -0.194. The summed E-state index contributed by atoms with van der Waals surface area (Å²) < 4.78 is 0. The van der Waals surface area contributed by atoms with Crippen molar-refractivity contribution in [3.8, 4) is 0 Å². The average molecular weight is 351 g/mol.